The number of hydrogen-bond donors (Lipinski definition) is 2. The number of anilines is 1. The number of nitrogens with one attached hydrogen (secondary N) is 2. The predicted octanol–water partition coefficient (Wildman–Crippen LogP) is 3.95. The van der Waals surface area contributed by atoms with E-state index in [0.717, 1.165) is 16.6 Å². The third-order valence-electron chi connectivity index (χ3n) is 3.78. The van der Waals surface area contributed by atoms with E-state index in [1.54, 1.807) is 19.1 Å². The van der Waals surface area contributed by atoms with E-state index in [1.165, 1.54) is 6.07 Å². The number of fused-ring (bicyclic) bond motifs is 1. The third kappa shape index (κ3) is 2.66. The number of rotatable bonds is 3. The van der Waals surface area contributed by atoms with Gasteiger partial charge in [-0.3, -0.25) is 14.9 Å². The van der Waals surface area contributed by atoms with Crippen LogP contribution in [0.2, 0.25) is 0 Å². The molecule has 1 heterocycles. The van der Waals surface area contributed by atoms with Crippen molar-refractivity contribution in [2.45, 2.75) is 13.8 Å². The number of para-hydroxylation sites is 1. The molecule has 2 N–H and O–H groups in total. The van der Waals surface area contributed by atoms with Crippen LogP contribution in [0.1, 0.15) is 21.6 Å². The van der Waals surface area contributed by atoms with Gasteiger partial charge in [0, 0.05) is 33.9 Å². The van der Waals surface area contributed by atoms with Gasteiger partial charge >= 0.3 is 0 Å². The first-order valence-corrected chi connectivity index (χ1v) is 7.11. The fraction of sp³-hybridized carbons (Fsp3) is 0.118. The molecule has 3 rings (SSSR count). The van der Waals surface area contributed by atoms with Crippen molar-refractivity contribution in [1.29, 1.82) is 0 Å². The number of carbonyl (C=O) groups is 1. The zero-order valence-electron chi connectivity index (χ0n) is 12.7. The lowest BCUT2D eigenvalue weighted by Gasteiger charge is -2.06. The standard InChI is InChI=1S/C17H15N3O3/c1-10-7-8-12(9-15(10)20(22)23)19-17(21)16-11(2)18-14-6-4-3-5-13(14)16/h3-9,18H,1-2H3,(H,19,21). The highest BCUT2D eigenvalue weighted by molar-refractivity contribution is 6.14. The van der Waals surface area contributed by atoms with Crippen molar-refractivity contribution in [3.63, 3.8) is 0 Å². The molecule has 0 atom stereocenters. The Morgan fingerprint density at radius 3 is 2.65 bits per heavy atom. The van der Waals surface area contributed by atoms with Crippen molar-refractivity contribution in [1.82, 2.24) is 4.98 Å². The van der Waals surface area contributed by atoms with Gasteiger partial charge in [0.25, 0.3) is 11.6 Å². The fourth-order valence-corrected chi connectivity index (χ4v) is 2.65. The Balaban J connectivity index is 1.97. The summed E-state index contributed by atoms with van der Waals surface area (Å²) in [5.74, 6) is -0.293. The molecule has 0 spiro atoms. The van der Waals surface area contributed by atoms with E-state index in [1.807, 2.05) is 31.2 Å². The number of hydrogen-bond acceptors (Lipinski definition) is 3. The lowest BCUT2D eigenvalue weighted by atomic mass is 10.1. The molecule has 0 aliphatic carbocycles. The molecule has 6 nitrogen and oxygen atoms in total. The van der Waals surface area contributed by atoms with Crippen molar-refractivity contribution in [2.75, 3.05) is 5.32 Å². The second kappa shape index (κ2) is 5.57. The van der Waals surface area contributed by atoms with Crippen LogP contribution in [-0.2, 0) is 0 Å². The lowest BCUT2D eigenvalue weighted by Crippen LogP contribution is -2.13. The van der Waals surface area contributed by atoms with E-state index < -0.39 is 4.92 Å². The highest BCUT2D eigenvalue weighted by atomic mass is 16.6. The van der Waals surface area contributed by atoms with E-state index in [9.17, 15) is 14.9 Å². The van der Waals surface area contributed by atoms with Crippen molar-refractivity contribution in [3.8, 4) is 0 Å². The summed E-state index contributed by atoms with van der Waals surface area (Å²) in [7, 11) is 0. The number of aromatic amines is 1. The number of nitro benzene ring substituents is 1. The number of aromatic nitrogens is 1. The number of nitro groups is 1. The number of amides is 1. The Labute approximate surface area is 132 Å². The highest BCUT2D eigenvalue weighted by Gasteiger charge is 2.17. The predicted molar refractivity (Wildman–Crippen MR) is 88.8 cm³/mol. The van der Waals surface area contributed by atoms with Crippen molar-refractivity contribution >= 4 is 28.2 Å². The Kier molecular flexibility index (Phi) is 3.57. The molecule has 0 radical (unpaired) electrons. The van der Waals surface area contributed by atoms with E-state index in [-0.39, 0.29) is 11.6 Å². The Bertz CT molecular complexity index is 928. The zero-order valence-corrected chi connectivity index (χ0v) is 12.7. The van der Waals surface area contributed by atoms with E-state index in [0.29, 0.717) is 16.8 Å². The summed E-state index contributed by atoms with van der Waals surface area (Å²) in [6.07, 6.45) is 0. The number of H-pyrrole nitrogens is 1. The van der Waals surface area contributed by atoms with Gasteiger partial charge < -0.3 is 10.3 Å². The molecular formula is C17H15N3O3. The van der Waals surface area contributed by atoms with Crippen LogP contribution in [0.25, 0.3) is 10.9 Å². The number of nitrogens with zero attached hydrogens (tertiary/aromatic N) is 1. The molecule has 1 aromatic heterocycles. The summed E-state index contributed by atoms with van der Waals surface area (Å²) in [5.41, 5.74) is 3.12. The first-order chi connectivity index (χ1) is 11.0. The molecule has 0 unspecified atom stereocenters. The van der Waals surface area contributed by atoms with Crippen LogP contribution in [-0.4, -0.2) is 15.8 Å². The Morgan fingerprint density at radius 2 is 1.91 bits per heavy atom. The first kappa shape index (κ1) is 14.8. The van der Waals surface area contributed by atoms with Gasteiger partial charge in [0.1, 0.15) is 0 Å². The van der Waals surface area contributed by atoms with Crippen molar-refractivity contribution in [3.05, 3.63) is 69.4 Å². The van der Waals surface area contributed by atoms with Gasteiger partial charge in [0.2, 0.25) is 0 Å². The monoisotopic (exact) mass is 309 g/mol. The van der Waals surface area contributed by atoms with Crippen LogP contribution in [0.4, 0.5) is 11.4 Å². The topological polar surface area (TPSA) is 88.0 Å². The van der Waals surface area contributed by atoms with Crippen LogP contribution in [0.15, 0.2) is 42.5 Å². The van der Waals surface area contributed by atoms with E-state index >= 15 is 0 Å². The van der Waals surface area contributed by atoms with Crippen molar-refractivity contribution < 1.29 is 9.72 Å². The molecule has 0 saturated carbocycles. The van der Waals surface area contributed by atoms with Gasteiger partial charge in [-0.05, 0) is 26.0 Å². The van der Waals surface area contributed by atoms with Crippen molar-refractivity contribution in [2.24, 2.45) is 0 Å². The largest absolute Gasteiger partial charge is 0.358 e. The summed E-state index contributed by atoms with van der Waals surface area (Å²) < 4.78 is 0. The van der Waals surface area contributed by atoms with Gasteiger partial charge in [-0.2, -0.15) is 0 Å². The Hall–Kier alpha value is -3.15. The molecule has 0 bridgehead atoms. The summed E-state index contributed by atoms with van der Waals surface area (Å²) in [4.78, 5) is 26.3. The normalized spacial score (nSPS) is 10.7. The molecule has 6 heteroatoms. The maximum Gasteiger partial charge on any atom is 0.274 e. The highest BCUT2D eigenvalue weighted by Crippen LogP contribution is 2.25. The SMILES string of the molecule is Cc1ccc(NC(=O)c2c(C)[nH]c3ccccc23)cc1[N+](=O)[O-]. The molecule has 23 heavy (non-hydrogen) atoms. The van der Waals surface area contributed by atoms with Crippen LogP contribution in [0.5, 0.6) is 0 Å². The summed E-state index contributed by atoms with van der Waals surface area (Å²) in [5, 5.41) is 14.6. The maximum atomic E-state index is 12.6. The second-order valence-corrected chi connectivity index (χ2v) is 5.38. The van der Waals surface area contributed by atoms with Gasteiger partial charge in [-0.1, -0.05) is 24.3 Å². The quantitative estimate of drug-likeness (QED) is 0.567. The Morgan fingerprint density at radius 1 is 1.17 bits per heavy atom. The molecule has 0 saturated heterocycles. The molecule has 2 aromatic carbocycles. The van der Waals surface area contributed by atoms with Gasteiger partial charge in [-0.15, -0.1) is 0 Å². The molecule has 0 fully saturated rings. The van der Waals surface area contributed by atoms with Crippen LogP contribution in [0, 0.1) is 24.0 Å². The van der Waals surface area contributed by atoms with Gasteiger partial charge in [0.05, 0.1) is 10.5 Å². The second-order valence-electron chi connectivity index (χ2n) is 5.38. The van der Waals surface area contributed by atoms with Gasteiger partial charge in [0.15, 0.2) is 0 Å². The van der Waals surface area contributed by atoms with Crippen LogP contribution >= 0.6 is 0 Å². The molecule has 3 aromatic rings. The molecule has 0 aliphatic heterocycles. The first-order valence-electron chi connectivity index (χ1n) is 7.11. The average molecular weight is 309 g/mol. The summed E-state index contributed by atoms with van der Waals surface area (Å²) in [6.45, 7) is 3.49. The number of benzene rings is 2. The minimum Gasteiger partial charge on any atom is -0.358 e. The van der Waals surface area contributed by atoms with Crippen LogP contribution in [0.3, 0.4) is 0 Å². The lowest BCUT2D eigenvalue weighted by molar-refractivity contribution is -0.385. The number of aryl methyl sites for hydroxylation is 2. The average Bonchev–Trinajstić information content (AvgIpc) is 2.84. The fourth-order valence-electron chi connectivity index (χ4n) is 2.65. The minimum absolute atomic E-state index is 0.0153. The molecule has 1 amide bonds. The van der Waals surface area contributed by atoms with Gasteiger partial charge in [-0.25, -0.2) is 0 Å². The minimum atomic E-state index is -0.456. The van der Waals surface area contributed by atoms with E-state index in [4.69, 9.17) is 0 Å². The zero-order chi connectivity index (χ0) is 16.6. The maximum absolute atomic E-state index is 12.6. The summed E-state index contributed by atoms with van der Waals surface area (Å²) >= 11 is 0. The molecule has 116 valence electrons. The summed E-state index contributed by atoms with van der Waals surface area (Å²) in [6, 6.07) is 12.2. The third-order valence-corrected chi connectivity index (χ3v) is 3.78. The number of carbonyl (C=O) groups excluding carboxylic acids is 1. The van der Waals surface area contributed by atoms with E-state index in [2.05, 4.69) is 10.3 Å². The molecule has 0 aliphatic rings. The smallest absolute Gasteiger partial charge is 0.274 e. The van der Waals surface area contributed by atoms with Crippen LogP contribution < -0.4 is 5.32 Å². The molecular weight excluding hydrogens is 294 g/mol.